The second-order valence-electron chi connectivity index (χ2n) is 6.78. The molecule has 2 amide bonds. The number of rotatable bonds is 2. The largest absolute Gasteiger partial charge is 0.465 e. The highest BCUT2D eigenvalue weighted by molar-refractivity contribution is 6.10. The van der Waals surface area contributed by atoms with E-state index in [-0.39, 0.29) is 12.2 Å². The Hall–Kier alpha value is -3.03. The summed E-state index contributed by atoms with van der Waals surface area (Å²) in [5.74, 6) is -5.53. The van der Waals surface area contributed by atoms with Crippen LogP contribution in [0.25, 0.3) is 0 Å². The summed E-state index contributed by atoms with van der Waals surface area (Å²) in [4.78, 5) is 27.3. The van der Waals surface area contributed by atoms with Gasteiger partial charge in [0.25, 0.3) is 5.91 Å². The average Bonchev–Trinajstić information content (AvgIpc) is 2.65. The number of carboxylic acid groups (broad SMARTS) is 1. The van der Waals surface area contributed by atoms with Crippen LogP contribution in [0.1, 0.15) is 34.8 Å². The van der Waals surface area contributed by atoms with Crippen LogP contribution in [0.3, 0.4) is 0 Å². The SMILES string of the molecule is CCC1CN(C(=O)c2ccc(F)c(F)c2F)c2cc(C)c(C)cc2N1C(=O)O. The lowest BCUT2D eigenvalue weighted by molar-refractivity contribution is 0.0977. The maximum absolute atomic E-state index is 14.2. The van der Waals surface area contributed by atoms with Crippen molar-refractivity contribution in [2.75, 3.05) is 16.3 Å². The van der Waals surface area contributed by atoms with E-state index in [1.54, 1.807) is 26.0 Å². The lowest BCUT2D eigenvalue weighted by atomic mass is 9.99. The summed E-state index contributed by atoms with van der Waals surface area (Å²) < 4.78 is 41.1. The van der Waals surface area contributed by atoms with Crippen LogP contribution in [0.4, 0.5) is 29.3 Å². The Kier molecular flexibility index (Phi) is 5.06. The molecule has 1 unspecified atom stereocenters. The molecule has 5 nitrogen and oxygen atoms in total. The number of halogens is 3. The van der Waals surface area contributed by atoms with Crippen molar-refractivity contribution in [3.8, 4) is 0 Å². The van der Waals surface area contributed by atoms with Gasteiger partial charge in [0.05, 0.1) is 23.0 Å². The van der Waals surface area contributed by atoms with E-state index in [9.17, 15) is 27.9 Å². The van der Waals surface area contributed by atoms with Crippen LogP contribution in [-0.2, 0) is 0 Å². The average molecular weight is 392 g/mol. The van der Waals surface area contributed by atoms with Gasteiger partial charge < -0.3 is 10.0 Å². The molecule has 1 atom stereocenters. The predicted octanol–water partition coefficient (Wildman–Crippen LogP) is 4.64. The Morgan fingerprint density at radius 2 is 1.68 bits per heavy atom. The topological polar surface area (TPSA) is 60.9 Å². The Morgan fingerprint density at radius 1 is 1.07 bits per heavy atom. The number of nitrogens with zero attached hydrogens (tertiary/aromatic N) is 2. The van der Waals surface area contributed by atoms with E-state index >= 15 is 0 Å². The van der Waals surface area contributed by atoms with Crippen molar-refractivity contribution < 1.29 is 27.9 Å². The number of aryl methyl sites for hydroxylation is 2. The second kappa shape index (κ2) is 7.18. The molecule has 0 saturated heterocycles. The van der Waals surface area contributed by atoms with Crippen LogP contribution in [0.15, 0.2) is 24.3 Å². The standard InChI is InChI=1S/C20H19F3N2O3/c1-4-12-9-24(19(26)13-5-6-14(21)18(23)17(13)22)15-7-10(2)11(3)8-16(15)25(12)20(27)28/h5-8,12H,4,9H2,1-3H3,(H,27,28). The highest BCUT2D eigenvalue weighted by Gasteiger charge is 2.38. The van der Waals surface area contributed by atoms with Crippen LogP contribution in [0.5, 0.6) is 0 Å². The summed E-state index contributed by atoms with van der Waals surface area (Å²) >= 11 is 0. The third-order valence-electron chi connectivity index (χ3n) is 5.09. The van der Waals surface area contributed by atoms with Gasteiger partial charge in [0.15, 0.2) is 17.5 Å². The van der Waals surface area contributed by atoms with Crippen molar-refractivity contribution in [2.24, 2.45) is 0 Å². The minimum Gasteiger partial charge on any atom is -0.465 e. The first-order valence-corrected chi connectivity index (χ1v) is 8.76. The fourth-order valence-electron chi connectivity index (χ4n) is 3.38. The molecule has 28 heavy (non-hydrogen) atoms. The summed E-state index contributed by atoms with van der Waals surface area (Å²) in [5, 5.41) is 9.67. The van der Waals surface area contributed by atoms with E-state index in [1.807, 2.05) is 6.92 Å². The maximum atomic E-state index is 14.2. The van der Waals surface area contributed by atoms with E-state index in [2.05, 4.69) is 0 Å². The summed E-state index contributed by atoms with van der Waals surface area (Å²) in [6, 6.07) is 4.31. The number of benzene rings is 2. The fraction of sp³-hybridized carbons (Fsp3) is 0.300. The van der Waals surface area contributed by atoms with Crippen molar-refractivity contribution in [2.45, 2.75) is 33.2 Å². The molecule has 0 bridgehead atoms. The molecule has 0 fully saturated rings. The molecule has 148 valence electrons. The van der Waals surface area contributed by atoms with Crippen molar-refractivity contribution in [3.05, 3.63) is 58.4 Å². The van der Waals surface area contributed by atoms with Gasteiger partial charge in [-0.05, 0) is 55.7 Å². The number of hydrogen-bond acceptors (Lipinski definition) is 2. The molecule has 2 aromatic rings. The highest BCUT2D eigenvalue weighted by Crippen LogP contribution is 2.39. The monoisotopic (exact) mass is 392 g/mol. The summed E-state index contributed by atoms with van der Waals surface area (Å²) in [6.45, 7) is 5.35. The van der Waals surface area contributed by atoms with Gasteiger partial charge in [-0.25, -0.2) is 18.0 Å². The van der Waals surface area contributed by atoms with Crippen LogP contribution >= 0.6 is 0 Å². The predicted molar refractivity (Wildman–Crippen MR) is 98.5 cm³/mol. The lowest BCUT2D eigenvalue weighted by Gasteiger charge is -2.41. The Balaban J connectivity index is 2.18. The van der Waals surface area contributed by atoms with E-state index < -0.39 is 41.1 Å². The van der Waals surface area contributed by atoms with E-state index in [0.717, 1.165) is 17.2 Å². The number of amides is 2. The molecule has 8 heteroatoms. The molecule has 0 aliphatic carbocycles. The molecule has 1 aliphatic rings. The molecule has 0 saturated carbocycles. The zero-order valence-corrected chi connectivity index (χ0v) is 15.6. The van der Waals surface area contributed by atoms with E-state index in [1.165, 1.54) is 9.80 Å². The van der Waals surface area contributed by atoms with Gasteiger partial charge >= 0.3 is 6.09 Å². The van der Waals surface area contributed by atoms with Crippen molar-refractivity contribution in [1.29, 1.82) is 0 Å². The van der Waals surface area contributed by atoms with Gasteiger partial charge in [0, 0.05) is 6.54 Å². The minimum absolute atomic E-state index is 0.0322. The van der Waals surface area contributed by atoms with Gasteiger partial charge in [-0.1, -0.05) is 6.92 Å². The van der Waals surface area contributed by atoms with Crippen molar-refractivity contribution in [3.63, 3.8) is 0 Å². The molecular formula is C20H19F3N2O3. The van der Waals surface area contributed by atoms with Gasteiger partial charge in [0.2, 0.25) is 0 Å². The Morgan fingerprint density at radius 3 is 2.25 bits per heavy atom. The zero-order chi connectivity index (χ0) is 20.7. The van der Waals surface area contributed by atoms with E-state index in [4.69, 9.17) is 0 Å². The molecule has 1 heterocycles. The minimum atomic E-state index is -1.72. The fourth-order valence-corrected chi connectivity index (χ4v) is 3.38. The van der Waals surface area contributed by atoms with Crippen LogP contribution in [0.2, 0.25) is 0 Å². The first-order valence-electron chi connectivity index (χ1n) is 8.76. The molecule has 0 spiro atoms. The van der Waals surface area contributed by atoms with E-state index in [0.29, 0.717) is 18.2 Å². The first-order chi connectivity index (χ1) is 13.2. The number of fused-ring (bicyclic) bond motifs is 1. The highest BCUT2D eigenvalue weighted by atomic mass is 19.2. The van der Waals surface area contributed by atoms with Crippen LogP contribution in [0, 0.1) is 31.3 Å². The maximum Gasteiger partial charge on any atom is 0.412 e. The van der Waals surface area contributed by atoms with Gasteiger partial charge in [-0.3, -0.25) is 9.69 Å². The Bertz CT molecular complexity index is 978. The molecule has 0 radical (unpaired) electrons. The third kappa shape index (κ3) is 3.08. The molecule has 3 rings (SSSR count). The van der Waals surface area contributed by atoms with Crippen molar-refractivity contribution >= 4 is 23.4 Å². The quantitative estimate of drug-likeness (QED) is 0.757. The lowest BCUT2D eigenvalue weighted by Crippen LogP contribution is -2.53. The van der Waals surface area contributed by atoms with Crippen LogP contribution in [-0.4, -0.2) is 29.7 Å². The van der Waals surface area contributed by atoms with Crippen molar-refractivity contribution in [1.82, 2.24) is 0 Å². The Labute approximate surface area is 160 Å². The van der Waals surface area contributed by atoms with Gasteiger partial charge in [0.1, 0.15) is 0 Å². The molecule has 1 aliphatic heterocycles. The van der Waals surface area contributed by atoms with Crippen LogP contribution < -0.4 is 9.80 Å². The van der Waals surface area contributed by atoms with Gasteiger partial charge in [-0.2, -0.15) is 0 Å². The number of anilines is 2. The second-order valence-corrected chi connectivity index (χ2v) is 6.78. The molecule has 0 aromatic heterocycles. The number of carbonyl (C=O) groups is 2. The summed E-state index contributed by atoms with van der Waals surface area (Å²) in [6.07, 6.45) is -0.759. The van der Waals surface area contributed by atoms with Gasteiger partial charge in [-0.15, -0.1) is 0 Å². The molecule has 1 N–H and O–H groups in total. The molecule has 2 aromatic carbocycles. The third-order valence-corrected chi connectivity index (χ3v) is 5.09. The first kappa shape index (κ1) is 19.7. The summed E-state index contributed by atoms with van der Waals surface area (Å²) in [7, 11) is 0. The normalized spacial score (nSPS) is 16.1. The molecular weight excluding hydrogens is 373 g/mol. The smallest absolute Gasteiger partial charge is 0.412 e. The number of carbonyl (C=O) groups excluding carboxylic acids is 1. The number of hydrogen-bond donors (Lipinski definition) is 1. The summed E-state index contributed by atoms with van der Waals surface area (Å²) in [5.41, 5.74) is 1.60. The zero-order valence-electron chi connectivity index (χ0n) is 15.6.